The van der Waals surface area contributed by atoms with E-state index in [9.17, 15) is 0 Å². The topological polar surface area (TPSA) is 42.7 Å². The van der Waals surface area contributed by atoms with Crippen molar-refractivity contribution in [1.29, 1.82) is 0 Å². The number of hydrogen-bond donors (Lipinski definition) is 1. The lowest BCUT2D eigenvalue weighted by molar-refractivity contribution is 0.694. The minimum atomic E-state index is 0.626. The van der Waals surface area contributed by atoms with Gasteiger partial charge in [-0.2, -0.15) is 5.10 Å². The average molecular weight is 276 g/mol. The summed E-state index contributed by atoms with van der Waals surface area (Å²) in [4.78, 5) is 6.75. The monoisotopic (exact) mass is 276 g/mol. The van der Waals surface area contributed by atoms with Crippen molar-refractivity contribution in [1.82, 2.24) is 14.8 Å². The van der Waals surface area contributed by atoms with Gasteiger partial charge in [0.25, 0.3) is 0 Å². The van der Waals surface area contributed by atoms with Crippen LogP contribution in [0, 0.1) is 0 Å². The van der Waals surface area contributed by atoms with Crippen LogP contribution in [0.4, 0.5) is 5.00 Å². The molecule has 2 aromatic rings. The largest absolute Gasteiger partial charge is 0.340 e. The Morgan fingerprint density at radius 3 is 3.17 bits per heavy atom. The zero-order chi connectivity index (χ0) is 12.1. The predicted octanol–water partition coefficient (Wildman–Crippen LogP) is 2.64. The van der Waals surface area contributed by atoms with Gasteiger partial charge in [-0.25, -0.2) is 9.67 Å². The molecule has 2 aromatic heterocycles. The van der Waals surface area contributed by atoms with Gasteiger partial charge >= 0.3 is 0 Å². The van der Waals surface area contributed by atoms with E-state index in [0.717, 1.165) is 17.2 Å². The third kappa shape index (κ3) is 1.45. The highest BCUT2D eigenvalue weighted by atomic mass is 32.1. The van der Waals surface area contributed by atoms with Gasteiger partial charge in [-0.1, -0.05) is 12.2 Å². The molecule has 0 spiro atoms. The zero-order valence-electron chi connectivity index (χ0n) is 9.77. The second-order valence-electron chi connectivity index (χ2n) is 4.70. The van der Waals surface area contributed by atoms with Gasteiger partial charge in [0, 0.05) is 4.88 Å². The minimum Gasteiger partial charge on any atom is -0.340 e. The molecule has 4 nitrogen and oxygen atoms in total. The third-order valence-electron chi connectivity index (χ3n) is 3.56. The highest BCUT2D eigenvalue weighted by Gasteiger charge is 2.27. The van der Waals surface area contributed by atoms with Gasteiger partial charge in [-0.15, -0.1) is 11.3 Å². The number of rotatable bonds is 0. The number of aromatic nitrogens is 3. The summed E-state index contributed by atoms with van der Waals surface area (Å²) >= 11 is 7.20. The molecule has 1 aliphatic carbocycles. The molecule has 0 saturated carbocycles. The Morgan fingerprint density at radius 2 is 2.22 bits per heavy atom. The highest BCUT2D eigenvalue weighted by Crippen LogP contribution is 2.44. The third-order valence-corrected chi connectivity index (χ3v) is 5.00. The van der Waals surface area contributed by atoms with Crippen molar-refractivity contribution < 1.29 is 0 Å². The first-order chi connectivity index (χ1) is 8.83. The highest BCUT2D eigenvalue weighted by molar-refractivity contribution is 7.80. The van der Waals surface area contributed by atoms with Crippen molar-refractivity contribution in [3.8, 4) is 11.4 Å². The fourth-order valence-corrected chi connectivity index (χ4v) is 4.37. The molecule has 1 aliphatic heterocycles. The number of nitrogens with one attached hydrogen (secondary N) is 1. The Labute approximate surface area is 114 Å². The minimum absolute atomic E-state index is 0.626. The summed E-state index contributed by atoms with van der Waals surface area (Å²) in [5.41, 5.74) is 2.71. The molecule has 6 heteroatoms. The van der Waals surface area contributed by atoms with Gasteiger partial charge in [0.2, 0.25) is 0 Å². The fraction of sp³-hybridized carbons (Fsp3) is 0.417. The number of anilines is 1. The Hall–Kier alpha value is -1.27. The van der Waals surface area contributed by atoms with E-state index in [1.807, 2.05) is 16.0 Å². The van der Waals surface area contributed by atoms with E-state index in [1.165, 1.54) is 40.3 Å². The maximum Gasteiger partial charge on any atom is 0.161 e. The molecule has 0 unspecified atom stereocenters. The first-order valence-corrected chi connectivity index (χ1v) is 7.38. The van der Waals surface area contributed by atoms with Crippen LogP contribution < -0.4 is 5.32 Å². The van der Waals surface area contributed by atoms with Crippen LogP contribution in [0.3, 0.4) is 0 Å². The van der Waals surface area contributed by atoms with Crippen LogP contribution in [-0.4, -0.2) is 19.8 Å². The SMILES string of the molecule is S=C1Cn2ncnc2-c2c(sc3c2CCCC3)N1. The molecule has 0 aromatic carbocycles. The van der Waals surface area contributed by atoms with Crippen LogP contribution in [0.25, 0.3) is 11.4 Å². The number of thiophene rings is 1. The summed E-state index contributed by atoms with van der Waals surface area (Å²) in [7, 11) is 0. The van der Waals surface area contributed by atoms with E-state index in [0.29, 0.717) is 6.54 Å². The molecular formula is C12H12N4S2. The molecule has 0 amide bonds. The molecule has 2 aliphatic rings. The Balaban J connectivity index is 2.00. The van der Waals surface area contributed by atoms with Gasteiger partial charge in [0.1, 0.15) is 16.3 Å². The molecule has 3 heterocycles. The molecule has 0 saturated heterocycles. The first-order valence-electron chi connectivity index (χ1n) is 6.15. The van der Waals surface area contributed by atoms with Gasteiger partial charge in [-0.05, 0) is 31.2 Å². The van der Waals surface area contributed by atoms with Crippen molar-refractivity contribution in [2.75, 3.05) is 5.32 Å². The maximum absolute atomic E-state index is 5.36. The lowest BCUT2D eigenvalue weighted by atomic mass is 9.95. The number of aryl methyl sites for hydroxylation is 1. The van der Waals surface area contributed by atoms with E-state index in [1.54, 1.807) is 6.33 Å². The van der Waals surface area contributed by atoms with Crippen LogP contribution in [0.2, 0.25) is 0 Å². The summed E-state index contributed by atoms with van der Waals surface area (Å²) in [6, 6.07) is 0. The predicted molar refractivity (Wildman–Crippen MR) is 76.2 cm³/mol. The molecule has 0 fully saturated rings. The zero-order valence-corrected chi connectivity index (χ0v) is 11.4. The second kappa shape index (κ2) is 3.86. The maximum atomic E-state index is 5.36. The lowest BCUT2D eigenvalue weighted by Crippen LogP contribution is -2.14. The smallest absolute Gasteiger partial charge is 0.161 e. The van der Waals surface area contributed by atoms with Crippen LogP contribution >= 0.6 is 23.6 Å². The van der Waals surface area contributed by atoms with Gasteiger partial charge in [-0.3, -0.25) is 0 Å². The van der Waals surface area contributed by atoms with E-state index in [2.05, 4.69) is 15.4 Å². The van der Waals surface area contributed by atoms with E-state index < -0.39 is 0 Å². The standard InChI is InChI=1S/C12H12N4S2/c17-9-5-16-11(13-6-14-16)10-7-3-1-2-4-8(7)18-12(10)15-9/h6H,1-5H2,(H,15,17). The van der Waals surface area contributed by atoms with Crippen molar-refractivity contribution >= 4 is 33.5 Å². The van der Waals surface area contributed by atoms with Crippen LogP contribution in [0.5, 0.6) is 0 Å². The van der Waals surface area contributed by atoms with E-state index in [4.69, 9.17) is 12.2 Å². The summed E-state index contributed by atoms with van der Waals surface area (Å²) < 4.78 is 1.91. The lowest BCUT2D eigenvalue weighted by Gasteiger charge is -2.12. The molecule has 1 N–H and O–H groups in total. The molecule has 0 bridgehead atoms. The molecule has 18 heavy (non-hydrogen) atoms. The summed E-state index contributed by atoms with van der Waals surface area (Å²) in [5.74, 6) is 0.969. The van der Waals surface area contributed by atoms with Gasteiger partial charge < -0.3 is 5.32 Å². The Kier molecular flexibility index (Phi) is 2.28. The number of thiocarbonyl (C=S) groups is 1. The number of hydrogen-bond acceptors (Lipinski definition) is 4. The van der Waals surface area contributed by atoms with E-state index >= 15 is 0 Å². The molecular weight excluding hydrogens is 264 g/mol. The van der Waals surface area contributed by atoms with Crippen LogP contribution in [0.15, 0.2) is 6.33 Å². The van der Waals surface area contributed by atoms with Crippen molar-refractivity contribution in [2.45, 2.75) is 32.2 Å². The molecule has 0 atom stereocenters. The van der Waals surface area contributed by atoms with Crippen molar-refractivity contribution in [3.05, 3.63) is 16.8 Å². The Bertz CT molecular complexity index is 641. The molecule has 92 valence electrons. The van der Waals surface area contributed by atoms with Crippen molar-refractivity contribution in [2.24, 2.45) is 0 Å². The quantitative estimate of drug-likeness (QED) is 0.751. The van der Waals surface area contributed by atoms with Crippen molar-refractivity contribution in [3.63, 3.8) is 0 Å². The summed E-state index contributed by atoms with van der Waals surface area (Å²) in [6.07, 6.45) is 6.54. The van der Waals surface area contributed by atoms with Gasteiger partial charge in [0.15, 0.2) is 5.82 Å². The van der Waals surface area contributed by atoms with E-state index in [-0.39, 0.29) is 0 Å². The first kappa shape index (κ1) is 10.6. The number of fused-ring (bicyclic) bond motifs is 5. The fourth-order valence-electron chi connectivity index (χ4n) is 2.77. The molecule has 0 radical (unpaired) electrons. The number of nitrogens with zero attached hydrogens (tertiary/aromatic N) is 3. The van der Waals surface area contributed by atoms with Crippen LogP contribution in [-0.2, 0) is 19.4 Å². The van der Waals surface area contributed by atoms with Crippen LogP contribution in [0.1, 0.15) is 23.3 Å². The normalized spacial score (nSPS) is 17.4. The molecule has 4 rings (SSSR count). The summed E-state index contributed by atoms with van der Waals surface area (Å²) in [5, 5.41) is 8.80. The average Bonchev–Trinajstić information content (AvgIpc) is 2.90. The second-order valence-corrected chi connectivity index (χ2v) is 6.30. The Morgan fingerprint density at radius 1 is 1.33 bits per heavy atom. The summed E-state index contributed by atoms with van der Waals surface area (Å²) in [6.45, 7) is 0.626. The van der Waals surface area contributed by atoms with Gasteiger partial charge in [0.05, 0.1) is 12.1 Å².